The highest BCUT2D eigenvalue weighted by Gasteiger charge is 2.09. The lowest BCUT2D eigenvalue weighted by Crippen LogP contribution is -2.39. The molecular formula is C14H19N3O3S. The summed E-state index contributed by atoms with van der Waals surface area (Å²) in [6.45, 7) is 2.52. The number of amides is 2. The van der Waals surface area contributed by atoms with E-state index >= 15 is 0 Å². The summed E-state index contributed by atoms with van der Waals surface area (Å²) in [6, 6.07) is 3.53. The second kappa shape index (κ2) is 7.80. The summed E-state index contributed by atoms with van der Waals surface area (Å²) in [6.07, 6.45) is 2.59. The van der Waals surface area contributed by atoms with Gasteiger partial charge in [-0.3, -0.25) is 0 Å². The van der Waals surface area contributed by atoms with Gasteiger partial charge in [0.05, 0.1) is 23.2 Å². The fraction of sp³-hybridized carbons (Fsp3) is 0.429. The van der Waals surface area contributed by atoms with E-state index in [0.29, 0.717) is 18.0 Å². The second-order valence-electron chi connectivity index (χ2n) is 4.63. The molecule has 2 aromatic heterocycles. The van der Waals surface area contributed by atoms with Crippen LogP contribution < -0.4 is 10.6 Å². The molecule has 0 aliphatic rings. The molecule has 0 radical (unpaired) electrons. The van der Waals surface area contributed by atoms with E-state index < -0.39 is 6.10 Å². The normalized spacial score (nSPS) is 12.1. The molecule has 2 rings (SSSR count). The fourth-order valence-electron chi connectivity index (χ4n) is 1.78. The number of carbonyl (C=O) groups excluding carboxylic acids is 1. The van der Waals surface area contributed by atoms with E-state index in [2.05, 4.69) is 15.6 Å². The minimum Gasteiger partial charge on any atom is -0.443 e. The zero-order chi connectivity index (χ0) is 15.1. The van der Waals surface area contributed by atoms with E-state index in [1.807, 2.05) is 24.4 Å². The van der Waals surface area contributed by atoms with E-state index in [1.165, 1.54) is 6.26 Å². The van der Waals surface area contributed by atoms with Crippen molar-refractivity contribution < 1.29 is 14.3 Å². The van der Waals surface area contributed by atoms with E-state index in [4.69, 9.17) is 4.42 Å². The minimum atomic E-state index is -0.502. The molecule has 114 valence electrons. The van der Waals surface area contributed by atoms with Gasteiger partial charge in [0.1, 0.15) is 6.26 Å². The Balaban J connectivity index is 1.74. The van der Waals surface area contributed by atoms with Crippen LogP contribution in [0.2, 0.25) is 0 Å². The highest BCUT2D eigenvalue weighted by atomic mass is 32.1. The maximum absolute atomic E-state index is 11.6. The number of carbonyl (C=O) groups is 1. The number of aliphatic hydroxyl groups is 1. The Morgan fingerprint density at radius 2 is 2.38 bits per heavy atom. The van der Waals surface area contributed by atoms with Crippen LogP contribution in [-0.2, 0) is 6.54 Å². The highest BCUT2D eigenvalue weighted by Crippen LogP contribution is 2.23. The zero-order valence-electron chi connectivity index (χ0n) is 11.8. The van der Waals surface area contributed by atoms with Gasteiger partial charge >= 0.3 is 6.03 Å². The molecule has 6 nitrogen and oxygen atoms in total. The van der Waals surface area contributed by atoms with Gasteiger partial charge in [-0.05, 0) is 17.9 Å². The van der Waals surface area contributed by atoms with Gasteiger partial charge in [0.15, 0.2) is 0 Å². The van der Waals surface area contributed by atoms with Gasteiger partial charge in [-0.25, -0.2) is 9.78 Å². The molecular weight excluding hydrogens is 290 g/mol. The quantitative estimate of drug-likeness (QED) is 0.732. The van der Waals surface area contributed by atoms with Gasteiger partial charge in [0.2, 0.25) is 5.89 Å². The average Bonchev–Trinajstić information content (AvgIpc) is 3.13. The SMILES string of the molecule is CCCC(O)CNC(=O)NCc1coc(-c2cccs2)n1. The van der Waals surface area contributed by atoms with Gasteiger partial charge in [0.25, 0.3) is 0 Å². The number of hydrogen-bond donors (Lipinski definition) is 3. The summed E-state index contributed by atoms with van der Waals surface area (Å²) < 4.78 is 5.36. The summed E-state index contributed by atoms with van der Waals surface area (Å²) in [5, 5.41) is 16.8. The molecule has 3 N–H and O–H groups in total. The molecule has 0 aliphatic heterocycles. The van der Waals surface area contributed by atoms with Crippen LogP contribution in [0.5, 0.6) is 0 Å². The van der Waals surface area contributed by atoms with Crippen molar-refractivity contribution in [1.29, 1.82) is 0 Å². The lowest BCUT2D eigenvalue weighted by atomic mass is 10.2. The van der Waals surface area contributed by atoms with Gasteiger partial charge in [-0.2, -0.15) is 0 Å². The lowest BCUT2D eigenvalue weighted by Gasteiger charge is -2.10. The summed E-state index contributed by atoms with van der Waals surface area (Å²) in [7, 11) is 0. The van der Waals surface area contributed by atoms with Crippen LogP contribution in [0, 0.1) is 0 Å². The van der Waals surface area contributed by atoms with E-state index in [1.54, 1.807) is 11.3 Å². The first kappa shape index (κ1) is 15.5. The molecule has 0 aliphatic carbocycles. The standard InChI is InChI=1S/C14H19N3O3S/c1-2-4-11(18)8-16-14(19)15-7-10-9-20-13(17-10)12-5-3-6-21-12/h3,5-6,9,11,18H,2,4,7-8H2,1H3,(H2,15,16,19). The number of aromatic nitrogens is 1. The van der Waals surface area contributed by atoms with Crippen molar-refractivity contribution in [2.75, 3.05) is 6.54 Å². The summed E-state index contributed by atoms with van der Waals surface area (Å²) in [4.78, 5) is 16.8. The van der Waals surface area contributed by atoms with Gasteiger partial charge < -0.3 is 20.2 Å². The monoisotopic (exact) mass is 309 g/mol. The number of thiophene rings is 1. The first-order valence-corrected chi connectivity index (χ1v) is 7.75. The molecule has 2 amide bonds. The molecule has 0 bridgehead atoms. The molecule has 0 aromatic carbocycles. The van der Waals surface area contributed by atoms with Crippen molar-refractivity contribution in [2.24, 2.45) is 0 Å². The summed E-state index contributed by atoms with van der Waals surface area (Å²) in [5.41, 5.74) is 0.655. The molecule has 0 saturated heterocycles. The third kappa shape index (κ3) is 4.87. The van der Waals surface area contributed by atoms with E-state index in [9.17, 15) is 9.90 Å². The summed E-state index contributed by atoms with van der Waals surface area (Å²) in [5.74, 6) is 0.556. The Labute approximate surface area is 127 Å². The predicted octanol–water partition coefficient (Wildman–Crippen LogP) is 2.36. The highest BCUT2D eigenvalue weighted by molar-refractivity contribution is 7.13. The van der Waals surface area contributed by atoms with Crippen molar-refractivity contribution in [3.8, 4) is 10.8 Å². The Morgan fingerprint density at radius 1 is 1.52 bits per heavy atom. The summed E-state index contributed by atoms with van der Waals surface area (Å²) >= 11 is 1.55. The van der Waals surface area contributed by atoms with Gasteiger partial charge in [-0.15, -0.1) is 11.3 Å². The van der Waals surface area contributed by atoms with Crippen molar-refractivity contribution in [3.63, 3.8) is 0 Å². The average molecular weight is 309 g/mol. The number of urea groups is 1. The number of nitrogens with one attached hydrogen (secondary N) is 2. The lowest BCUT2D eigenvalue weighted by molar-refractivity contribution is 0.160. The smallest absolute Gasteiger partial charge is 0.315 e. The van der Waals surface area contributed by atoms with E-state index in [-0.39, 0.29) is 19.1 Å². The first-order valence-electron chi connectivity index (χ1n) is 6.87. The van der Waals surface area contributed by atoms with Crippen LogP contribution in [0.1, 0.15) is 25.5 Å². The molecule has 1 unspecified atom stereocenters. The number of rotatable bonds is 7. The van der Waals surface area contributed by atoms with Crippen LogP contribution >= 0.6 is 11.3 Å². The number of aliphatic hydroxyl groups excluding tert-OH is 1. The Kier molecular flexibility index (Phi) is 5.77. The van der Waals surface area contributed by atoms with Gasteiger partial charge in [0, 0.05) is 6.54 Å². The van der Waals surface area contributed by atoms with Crippen LogP contribution in [-0.4, -0.2) is 28.8 Å². The Hall–Kier alpha value is -1.86. The van der Waals surface area contributed by atoms with Crippen molar-refractivity contribution in [3.05, 3.63) is 29.5 Å². The molecule has 0 fully saturated rings. The van der Waals surface area contributed by atoms with Crippen LogP contribution in [0.25, 0.3) is 10.8 Å². The van der Waals surface area contributed by atoms with Gasteiger partial charge in [-0.1, -0.05) is 19.4 Å². The number of hydrogen-bond acceptors (Lipinski definition) is 5. The molecule has 2 aromatic rings. The molecule has 21 heavy (non-hydrogen) atoms. The molecule has 0 saturated carbocycles. The van der Waals surface area contributed by atoms with Crippen LogP contribution in [0.15, 0.2) is 28.2 Å². The maximum Gasteiger partial charge on any atom is 0.315 e. The van der Waals surface area contributed by atoms with Crippen molar-refractivity contribution >= 4 is 17.4 Å². The number of oxazole rings is 1. The third-order valence-electron chi connectivity index (χ3n) is 2.83. The fourth-order valence-corrected chi connectivity index (χ4v) is 2.44. The predicted molar refractivity (Wildman–Crippen MR) is 81.0 cm³/mol. The number of nitrogens with zero attached hydrogens (tertiary/aromatic N) is 1. The van der Waals surface area contributed by atoms with Crippen molar-refractivity contribution in [2.45, 2.75) is 32.4 Å². The molecule has 1 atom stereocenters. The molecule has 7 heteroatoms. The zero-order valence-corrected chi connectivity index (χ0v) is 12.7. The maximum atomic E-state index is 11.6. The molecule has 0 spiro atoms. The van der Waals surface area contributed by atoms with Crippen LogP contribution in [0.4, 0.5) is 4.79 Å². The van der Waals surface area contributed by atoms with E-state index in [0.717, 1.165) is 11.3 Å². The first-order chi connectivity index (χ1) is 10.2. The second-order valence-corrected chi connectivity index (χ2v) is 5.58. The largest absolute Gasteiger partial charge is 0.443 e. The minimum absolute atomic E-state index is 0.249. The van der Waals surface area contributed by atoms with Crippen molar-refractivity contribution in [1.82, 2.24) is 15.6 Å². The Morgan fingerprint density at radius 3 is 3.10 bits per heavy atom. The topological polar surface area (TPSA) is 87.4 Å². The third-order valence-corrected chi connectivity index (χ3v) is 3.69. The Bertz CT molecular complexity index is 554. The molecule has 2 heterocycles. The van der Waals surface area contributed by atoms with Crippen LogP contribution in [0.3, 0.4) is 0 Å².